The fourth-order valence-electron chi connectivity index (χ4n) is 0.611. The van der Waals surface area contributed by atoms with Crippen LogP contribution in [-0.4, -0.2) is 0 Å². The summed E-state index contributed by atoms with van der Waals surface area (Å²) in [5.41, 5.74) is 0.793. The maximum atomic E-state index is 12.2. The van der Waals surface area contributed by atoms with Gasteiger partial charge in [-0.15, -0.1) is 0 Å². The Labute approximate surface area is 52.8 Å². The zero-order valence-corrected chi connectivity index (χ0v) is 5.02. The van der Waals surface area contributed by atoms with Crippen molar-refractivity contribution in [3.63, 3.8) is 0 Å². The first-order valence-electron chi connectivity index (χ1n) is 2.63. The maximum absolute atomic E-state index is 12.2. The molecular weight excluding hydrogens is 119 g/mol. The molecule has 0 amide bonds. The van der Waals surface area contributed by atoms with Crippen molar-refractivity contribution in [2.24, 2.45) is 0 Å². The first-order chi connectivity index (χ1) is 4.20. The zero-order chi connectivity index (χ0) is 6.85. The molecule has 1 nitrogen and oxygen atoms in total. The molecule has 9 heavy (non-hydrogen) atoms. The summed E-state index contributed by atoms with van der Waals surface area (Å²) >= 11 is 0. The van der Waals surface area contributed by atoms with Gasteiger partial charge in [-0.05, 0) is 24.6 Å². The van der Waals surface area contributed by atoms with E-state index in [9.17, 15) is 9.50 Å². The van der Waals surface area contributed by atoms with Gasteiger partial charge in [0.1, 0.15) is 0 Å². The Morgan fingerprint density at radius 1 is 1.44 bits per heavy atom. The van der Waals surface area contributed by atoms with Crippen LogP contribution in [0.25, 0.3) is 0 Å². The number of aryl methyl sites for hydroxylation is 1. The molecular formula is C7H6FO. The Hall–Kier alpha value is -1.05. The molecule has 1 aromatic rings. The quantitative estimate of drug-likeness (QED) is 0.507. The molecule has 0 aliphatic carbocycles. The van der Waals surface area contributed by atoms with Gasteiger partial charge in [-0.2, -0.15) is 0 Å². The molecule has 0 atom stereocenters. The standard InChI is InChI=1S/C7H6FO/c1-5-2-3-6(8)7(9)4-5/h2-4H,1H3. The van der Waals surface area contributed by atoms with Gasteiger partial charge in [-0.3, -0.25) is 5.11 Å². The zero-order valence-electron chi connectivity index (χ0n) is 5.02. The van der Waals surface area contributed by atoms with Crippen molar-refractivity contribution in [3.8, 4) is 5.75 Å². The number of benzene rings is 1. The molecule has 0 bridgehead atoms. The molecule has 2 heteroatoms. The summed E-state index contributed by atoms with van der Waals surface area (Å²) in [4.78, 5) is 0. The molecule has 0 saturated carbocycles. The summed E-state index contributed by atoms with van der Waals surface area (Å²) in [5.74, 6) is -1.21. The van der Waals surface area contributed by atoms with Gasteiger partial charge in [-0.1, -0.05) is 6.07 Å². The van der Waals surface area contributed by atoms with E-state index in [1.807, 2.05) is 0 Å². The third-order valence-corrected chi connectivity index (χ3v) is 1.09. The Kier molecular flexibility index (Phi) is 1.39. The molecule has 0 fully saturated rings. The van der Waals surface area contributed by atoms with E-state index < -0.39 is 11.6 Å². The average molecular weight is 125 g/mol. The largest absolute Gasteiger partial charge is 0.287 e. The molecule has 0 N–H and O–H groups in total. The van der Waals surface area contributed by atoms with E-state index in [4.69, 9.17) is 0 Å². The Morgan fingerprint density at radius 3 is 2.56 bits per heavy atom. The van der Waals surface area contributed by atoms with E-state index >= 15 is 0 Å². The molecule has 1 aromatic carbocycles. The van der Waals surface area contributed by atoms with Gasteiger partial charge in [0, 0.05) is 0 Å². The summed E-state index contributed by atoms with van der Waals surface area (Å²) in [7, 11) is 0. The summed E-state index contributed by atoms with van der Waals surface area (Å²) in [6.45, 7) is 1.75. The predicted octanol–water partition coefficient (Wildman–Crippen LogP) is 2.28. The van der Waals surface area contributed by atoms with Crippen molar-refractivity contribution in [1.29, 1.82) is 0 Å². The van der Waals surface area contributed by atoms with E-state index in [2.05, 4.69) is 0 Å². The molecule has 0 saturated heterocycles. The van der Waals surface area contributed by atoms with Crippen molar-refractivity contribution in [2.75, 3.05) is 0 Å². The summed E-state index contributed by atoms with van der Waals surface area (Å²) in [6, 6.07) is 4.02. The van der Waals surface area contributed by atoms with Gasteiger partial charge < -0.3 is 0 Å². The highest BCUT2D eigenvalue weighted by atomic mass is 19.1. The number of hydrogen-bond acceptors (Lipinski definition) is 0. The minimum absolute atomic E-state index is 0.532. The van der Waals surface area contributed by atoms with E-state index in [0.717, 1.165) is 5.56 Å². The third-order valence-electron chi connectivity index (χ3n) is 1.09. The monoisotopic (exact) mass is 125 g/mol. The van der Waals surface area contributed by atoms with E-state index in [1.54, 1.807) is 13.0 Å². The van der Waals surface area contributed by atoms with Gasteiger partial charge in [0.15, 0.2) is 5.82 Å². The molecule has 0 aliphatic rings. The van der Waals surface area contributed by atoms with Crippen molar-refractivity contribution < 1.29 is 9.50 Å². The smallest absolute Gasteiger partial charge is 0.214 e. The first kappa shape index (κ1) is 6.08. The van der Waals surface area contributed by atoms with Crippen LogP contribution in [0.1, 0.15) is 5.56 Å². The fourth-order valence-corrected chi connectivity index (χ4v) is 0.611. The predicted molar refractivity (Wildman–Crippen MR) is 31.3 cm³/mol. The SMILES string of the molecule is Cc1ccc(F)c([O])c1. The summed E-state index contributed by atoms with van der Waals surface area (Å²) in [6.07, 6.45) is 0. The topological polar surface area (TPSA) is 19.9 Å². The molecule has 1 rings (SSSR count). The maximum Gasteiger partial charge on any atom is 0.214 e. The molecule has 0 aliphatic heterocycles. The lowest BCUT2D eigenvalue weighted by atomic mass is 10.2. The van der Waals surface area contributed by atoms with Crippen LogP contribution in [0.3, 0.4) is 0 Å². The molecule has 0 heterocycles. The Balaban J connectivity index is 3.17. The second-order valence-corrected chi connectivity index (χ2v) is 1.93. The van der Waals surface area contributed by atoms with Crippen LogP contribution in [0.5, 0.6) is 5.75 Å². The van der Waals surface area contributed by atoms with Crippen LogP contribution in [0.2, 0.25) is 0 Å². The molecule has 47 valence electrons. The van der Waals surface area contributed by atoms with Crippen molar-refractivity contribution in [3.05, 3.63) is 29.6 Å². The van der Waals surface area contributed by atoms with Crippen LogP contribution < -0.4 is 0 Å². The minimum atomic E-state index is -0.680. The second kappa shape index (κ2) is 2.05. The van der Waals surface area contributed by atoms with Crippen LogP contribution in [0.15, 0.2) is 18.2 Å². The second-order valence-electron chi connectivity index (χ2n) is 1.93. The van der Waals surface area contributed by atoms with E-state index in [1.165, 1.54) is 12.1 Å². The highest BCUT2D eigenvalue weighted by Gasteiger charge is 1.98. The van der Waals surface area contributed by atoms with Gasteiger partial charge in [0.25, 0.3) is 0 Å². The van der Waals surface area contributed by atoms with Gasteiger partial charge >= 0.3 is 0 Å². The third kappa shape index (κ3) is 1.19. The number of rotatable bonds is 0. The van der Waals surface area contributed by atoms with Gasteiger partial charge in [-0.25, -0.2) is 4.39 Å². The number of hydrogen-bond donors (Lipinski definition) is 0. The van der Waals surface area contributed by atoms with Crippen LogP contribution in [-0.2, 0) is 5.11 Å². The highest BCUT2D eigenvalue weighted by molar-refractivity contribution is 5.27. The normalized spacial score (nSPS) is 9.56. The highest BCUT2D eigenvalue weighted by Crippen LogP contribution is 2.16. The lowest BCUT2D eigenvalue weighted by molar-refractivity contribution is 0.329. The van der Waals surface area contributed by atoms with Crippen LogP contribution in [0.4, 0.5) is 4.39 Å². The number of halogens is 1. The Morgan fingerprint density at radius 2 is 2.11 bits per heavy atom. The molecule has 0 unspecified atom stereocenters. The van der Waals surface area contributed by atoms with Crippen LogP contribution >= 0.6 is 0 Å². The molecule has 0 aromatic heterocycles. The van der Waals surface area contributed by atoms with E-state index in [0.29, 0.717) is 0 Å². The van der Waals surface area contributed by atoms with Crippen LogP contribution in [0, 0.1) is 12.7 Å². The van der Waals surface area contributed by atoms with E-state index in [-0.39, 0.29) is 0 Å². The van der Waals surface area contributed by atoms with Crippen molar-refractivity contribution in [2.45, 2.75) is 6.92 Å². The molecule has 1 radical (unpaired) electrons. The lowest BCUT2D eigenvalue weighted by Crippen LogP contribution is -1.74. The first-order valence-corrected chi connectivity index (χ1v) is 2.63. The molecule has 0 spiro atoms. The minimum Gasteiger partial charge on any atom is -0.287 e. The van der Waals surface area contributed by atoms with Gasteiger partial charge in [0.05, 0.1) is 0 Å². The fraction of sp³-hybridized carbons (Fsp3) is 0.143. The van der Waals surface area contributed by atoms with Crippen molar-refractivity contribution >= 4 is 0 Å². The van der Waals surface area contributed by atoms with Crippen molar-refractivity contribution in [1.82, 2.24) is 0 Å². The average Bonchev–Trinajstić information content (AvgIpc) is 1.80. The Bertz CT molecular complexity index is 220. The summed E-state index contributed by atoms with van der Waals surface area (Å²) in [5, 5.41) is 10.5. The summed E-state index contributed by atoms with van der Waals surface area (Å²) < 4.78 is 12.2. The van der Waals surface area contributed by atoms with Gasteiger partial charge in [0.2, 0.25) is 5.75 Å². The lowest BCUT2D eigenvalue weighted by Gasteiger charge is -1.90.